The lowest BCUT2D eigenvalue weighted by molar-refractivity contribution is 0.103. The van der Waals surface area contributed by atoms with Crippen molar-refractivity contribution in [2.75, 3.05) is 6.54 Å². The first-order valence-corrected chi connectivity index (χ1v) is 8.14. The van der Waals surface area contributed by atoms with E-state index in [0.29, 0.717) is 19.1 Å². The molecule has 1 aromatic heterocycles. The van der Waals surface area contributed by atoms with Crippen LogP contribution in [-0.4, -0.2) is 27.6 Å². The average molecular weight is 318 g/mol. The van der Waals surface area contributed by atoms with E-state index in [0.717, 1.165) is 29.9 Å². The van der Waals surface area contributed by atoms with Crippen molar-refractivity contribution in [3.63, 3.8) is 0 Å². The fourth-order valence-electron chi connectivity index (χ4n) is 2.85. The second-order valence-electron chi connectivity index (χ2n) is 6.55. The van der Waals surface area contributed by atoms with Crippen molar-refractivity contribution in [3.8, 4) is 0 Å². The molecule has 5 heteroatoms. The summed E-state index contributed by atoms with van der Waals surface area (Å²) in [4.78, 5) is 6.59. The quantitative estimate of drug-likeness (QED) is 0.847. The molecular weight excluding hydrogens is 295 g/mol. The van der Waals surface area contributed by atoms with Gasteiger partial charge >= 0.3 is 0 Å². The lowest BCUT2D eigenvalue weighted by atomic mass is 10.1. The molecule has 0 spiro atoms. The molecule has 4 nitrogen and oxygen atoms in total. The monoisotopic (exact) mass is 318 g/mol. The Bertz CT molecular complexity index is 635. The van der Waals surface area contributed by atoms with Crippen LogP contribution in [0.5, 0.6) is 0 Å². The van der Waals surface area contributed by atoms with Crippen LogP contribution in [0, 0.1) is 5.82 Å². The fraction of sp³-hybridized carbons (Fsp3) is 0.500. The van der Waals surface area contributed by atoms with Crippen LogP contribution in [0.1, 0.15) is 55.7 Å². The molecule has 1 heterocycles. The maximum Gasteiger partial charge on any atom is 0.181 e. The van der Waals surface area contributed by atoms with Gasteiger partial charge in [-0.25, -0.2) is 9.37 Å². The minimum Gasteiger partial charge on any atom is -0.448 e. The second kappa shape index (κ2) is 6.81. The van der Waals surface area contributed by atoms with Crippen LogP contribution < -0.4 is 0 Å². The predicted octanol–water partition coefficient (Wildman–Crippen LogP) is 3.64. The van der Waals surface area contributed by atoms with Gasteiger partial charge in [-0.2, -0.15) is 0 Å². The van der Waals surface area contributed by atoms with Gasteiger partial charge in [0, 0.05) is 25.0 Å². The molecule has 1 N–H and O–H groups in total. The molecule has 1 aliphatic rings. The Hall–Kier alpha value is -1.72. The molecule has 0 radical (unpaired) electrons. The van der Waals surface area contributed by atoms with E-state index in [-0.39, 0.29) is 11.7 Å². The number of halogens is 1. The van der Waals surface area contributed by atoms with E-state index in [4.69, 9.17) is 4.42 Å². The van der Waals surface area contributed by atoms with Crippen molar-refractivity contribution in [1.82, 2.24) is 9.88 Å². The van der Waals surface area contributed by atoms with Gasteiger partial charge in [-0.15, -0.1) is 0 Å². The Kier molecular flexibility index (Phi) is 4.78. The lowest BCUT2D eigenvalue weighted by Gasteiger charge is -2.25. The van der Waals surface area contributed by atoms with Crippen LogP contribution in [0.3, 0.4) is 0 Å². The summed E-state index contributed by atoms with van der Waals surface area (Å²) in [5.74, 6) is 0.909. The minimum atomic E-state index is -0.634. The highest BCUT2D eigenvalue weighted by molar-refractivity contribution is 5.19. The van der Waals surface area contributed by atoms with Crippen LogP contribution >= 0.6 is 0 Å². The molecular formula is C18H23FN2O2. The number of aliphatic hydroxyl groups excluding tert-OH is 1. The van der Waals surface area contributed by atoms with Crippen LogP contribution in [0.4, 0.5) is 4.39 Å². The van der Waals surface area contributed by atoms with Crippen molar-refractivity contribution in [1.29, 1.82) is 0 Å². The van der Waals surface area contributed by atoms with Gasteiger partial charge in [0.2, 0.25) is 0 Å². The number of hydrogen-bond donors (Lipinski definition) is 1. The van der Waals surface area contributed by atoms with Gasteiger partial charge in [-0.3, -0.25) is 4.90 Å². The van der Waals surface area contributed by atoms with Crippen molar-refractivity contribution in [2.45, 2.75) is 51.3 Å². The lowest BCUT2D eigenvalue weighted by Crippen LogP contribution is -2.31. The molecule has 23 heavy (non-hydrogen) atoms. The smallest absolute Gasteiger partial charge is 0.181 e. The Morgan fingerprint density at radius 3 is 2.61 bits per heavy atom. The normalized spacial score (nSPS) is 16.3. The van der Waals surface area contributed by atoms with Crippen LogP contribution in [-0.2, 0) is 6.54 Å². The fourth-order valence-corrected chi connectivity index (χ4v) is 2.85. The number of hydrogen-bond acceptors (Lipinski definition) is 4. The minimum absolute atomic E-state index is 0.288. The molecule has 0 aliphatic heterocycles. The van der Waals surface area contributed by atoms with E-state index in [2.05, 4.69) is 23.7 Å². The molecule has 0 saturated heterocycles. The van der Waals surface area contributed by atoms with Crippen molar-refractivity contribution in [3.05, 3.63) is 53.5 Å². The van der Waals surface area contributed by atoms with Gasteiger partial charge in [0.25, 0.3) is 0 Å². The summed E-state index contributed by atoms with van der Waals surface area (Å²) < 4.78 is 18.5. The Labute approximate surface area is 136 Å². The van der Waals surface area contributed by atoms with Crippen LogP contribution in [0.2, 0.25) is 0 Å². The van der Waals surface area contributed by atoms with Crippen LogP contribution in [0.25, 0.3) is 0 Å². The Balaban J connectivity index is 1.69. The number of oxazole rings is 1. The SMILES string of the molecule is CC(C)c1ocnc1CN(CC(O)c1ccc(F)cc1)C1CC1. The number of aliphatic hydroxyl groups is 1. The molecule has 1 fully saturated rings. The van der Waals surface area contributed by atoms with E-state index in [9.17, 15) is 9.50 Å². The first kappa shape index (κ1) is 16.1. The molecule has 1 saturated carbocycles. The van der Waals surface area contributed by atoms with Crippen molar-refractivity contribution < 1.29 is 13.9 Å². The van der Waals surface area contributed by atoms with Gasteiger partial charge in [0.15, 0.2) is 6.39 Å². The third-order valence-electron chi connectivity index (χ3n) is 4.28. The highest BCUT2D eigenvalue weighted by atomic mass is 19.1. The Morgan fingerprint density at radius 2 is 2.00 bits per heavy atom. The van der Waals surface area contributed by atoms with Crippen molar-refractivity contribution >= 4 is 0 Å². The first-order chi connectivity index (χ1) is 11.0. The van der Waals surface area contributed by atoms with Gasteiger partial charge in [-0.1, -0.05) is 26.0 Å². The standard InChI is InChI=1S/C18H23FN2O2/c1-12(2)18-16(20-11-23-18)9-21(15-7-8-15)10-17(22)13-3-5-14(19)6-4-13/h3-6,11-12,15,17,22H,7-10H2,1-2H3. The van der Waals surface area contributed by atoms with Gasteiger partial charge in [0.1, 0.15) is 11.6 Å². The summed E-state index contributed by atoms with van der Waals surface area (Å²) in [6, 6.07) is 6.53. The van der Waals surface area contributed by atoms with E-state index < -0.39 is 6.10 Å². The third kappa shape index (κ3) is 3.98. The number of rotatable bonds is 7. The second-order valence-corrected chi connectivity index (χ2v) is 6.55. The van der Waals surface area contributed by atoms with E-state index in [1.54, 1.807) is 12.1 Å². The first-order valence-electron chi connectivity index (χ1n) is 8.14. The van der Waals surface area contributed by atoms with Gasteiger partial charge in [-0.05, 0) is 30.5 Å². The molecule has 1 aromatic carbocycles. The topological polar surface area (TPSA) is 49.5 Å². The highest BCUT2D eigenvalue weighted by Crippen LogP contribution is 2.31. The molecule has 0 amide bonds. The Morgan fingerprint density at radius 1 is 1.30 bits per heavy atom. The van der Waals surface area contributed by atoms with Gasteiger partial charge < -0.3 is 9.52 Å². The summed E-state index contributed by atoms with van der Waals surface area (Å²) in [5.41, 5.74) is 1.68. The zero-order valence-corrected chi connectivity index (χ0v) is 13.6. The number of benzene rings is 1. The molecule has 2 aromatic rings. The summed E-state index contributed by atoms with van der Waals surface area (Å²) in [5, 5.41) is 10.5. The predicted molar refractivity (Wildman–Crippen MR) is 85.4 cm³/mol. The maximum atomic E-state index is 13.0. The summed E-state index contributed by atoms with van der Waals surface area (Å²) >= 11 is 0. The van der Waals surface area contributed by atoms with Gasteiger partial charge in [0.05, 0.1) is 11.8 Å². The van der Waals surface area contributed by atoms with Crippen LogP contribution in [0.15, 0.2) is 35.1 Å². The highest BCUT2D eigenvalue weighted by Gasteiger charge is 2.32. The zero-order valence-electron chi connectivity index (χ0n) is 13.6. The average Bonchev–Trinajstić information content (AvgIpc) is 3.26. The summed E-state index contributed by atoms with van der Waals surface area (Å²) in [6.45, 7) is 5.35. The molecule has 1 unspecified atom stereocenters. The zero-order chi connectivity index (χ0) is 16.4. The molecule has 124 valence electrons. The molecule has 0 bridgehead atoms. The number of nitrogens with zero attached hydrogens (tertiary/aromatic N) is 2. The van der Waals surface area contributed by atoms with Crippen molar-refractivity contribution in [2.24, 2.45) is 0 Å². The van der Waals surface area contributed by atoms with E-state index in [1.807, 2.05) is 0 Å². The molecule has 1 aliphatic carbocycles. The third-order valence-corrected chi connectivity index (χ3v) is 4.28. The summed E-state index contributed by atoms with van der Waals surface area (Å²) in [7, 11) is 0. The maximum absolute atomic E-state index is 13.0. The van der Waals surface area contributed by atoms with E-state index in [1.165, 1.54) is 18.5 Å². The largest absolute Gasteiger partial charge is 0.448 e. The number of aromatic nitrogens is 1. The summed E-state index contributed by atoms with van der Waals surface area (Å²) in [6.07, 6.45) is 3.15. The molecule has 3 rings (SSSR count). The van der Waals surface area contributed by atoms with E-state index >= 15 is 0 Å². The molecule has 1 atom stereocenters.